The first kappa shape index (κ1) is 15.3. The van der Waals surface area contributed by atoms with Crippen molar-refractivity contribution in [3.63, 3.8) is 0 Å². The van der Waals surface area contributed by atoms with E-state index < -0.39 is 5.82 Å². The molecule has 1 nitrogen and oxygen atoms in total. The summed E-state index contributed by atoms with van der Waals surface area (Å²) in [6.45, 7) is 6.90. The van der Waals surface area contributed by atoms with Gasteiger partial charge in [0, 0.05) is 6.04 Å². The summed E-state index contributed by atoms with van der Waals surface area (Å²) in [5, 5.41) is 3.16. The Balaban J connectivity index is 1.93. The first-order valence-corrected chi connectivity index (χ1v) is 7.64. The third kappa shape index (κ3) is 3.50. The predicted octanol–water partition coefficient (Wildman–Crippen LogP) is 5.37. The molecule has 1 N–H and O–H groups in total. The molecular formula is C17H25F2N. The van der Waals surface area contributed by atoms with Crippen molar-refractivity contribution in [2.75, 3.05) is 5.32 Å². The van der Waals surface area contributed by atoms with Crippen molar-refractivity contribution >= 4 is 5.69 Å². The van der Waals surface area contributed by atoms with Crippen LogP contribution in [0.4, 0.5) is 14.5 Å². The minimum Gasteiger partial charge on any atom is -0.380 e. The molecule has 1 aromatic carbocycles. The van der Waals surface area contributed by atoms with Crippen LogP contribution in [0.2, 0.25) is 0 Å². The Kier molecular flexibility index (Phi) is 4.66. The molecule has 0 radical (unpaired) electrons. The summed E-state index contributed by atoms with van der Waals surface area (Å²) in [6.07, 6.45) is 5.58. The van der Waals surface area contributed by atoms with E-state index >= 15 is 0 Å². The third-order valence-corrected chi connectivity index (χ3v) is 5.03. The van der Waals surface area contributed by atoms with Crippen LogP contribution >= 0.6 is 0 Å². The standard InChI is InChI=1S/C17H25F2N/c1-4-17(2,3)12-5-8-14(9-6-12)20-16-11-13(18)7-10-15(16)19/h7,10-12,14,20H,4-6,8-9H2,1-3H3. The lowest BCUT2D eigenvalue weighted by molar-refractivity contribution is 0.147. The summed E-state index contributed by atoms with van der Waals surface area (Å²) in [7, 11) is 0. The van der Waals surface area contributed by atoms with Crippen molar-refractivity contribution in [2.45, 2.75) is 58.9 Å². The Morgan fingerprint density at radius 2 is 1.80 bits per heavy atom. The van der Waals surface area contributed by atoms with Crippen molar-refractivity contribution in [3.05, 3.63) is 29.8 Å². The largest absolute Gasteiger partial charge is 0.380 e. The average molecular weight is 281 g/mol. The van der Waals surface area contributed by atoms with E-state index in [2.05, 4.69) is 26.1 Å². The Bertz CT molecular complexity index is 448. The molecule has 3 heteroatoms. The number of hydrogen-bond acceptors (Lipinski definition) is 1. The zero-order chi connectivity index (χ0) is 14.8. The van der Waals surface area contributed by atoms with Gasteiger partial charge in [0.25, 0.3) is 0 Å². The number of rotatable bonds is 4. The first-order valence-electron chi connectivity index (χ1n) is 7.64. The SMILES string of the molecule is CCC(C)(C)C1CCC(Nc2cc(F)ccc2F)CC1. The number of nitrogens with one attached hydrogen (secondary N) is 1. The zero-order valence-electron chi connectivity index (χ0n) is 12.7. The van der Waals surface area contributed by atoms with Gasteiger partial charge in [-0.25, -0.2) is 8.78 Å². The van der Waals surface area contributed by atoms with Gasteiger partial charge in [0.15, 0.2) is 0 Å². The predicted molar refractivity (Wildman–Crippen MR) is 79.8 cm³/mol. The highest BCUT2D eigenvalue weighted by Crippen LogP contribution is 2.41. The highest BCUT2D eigenvalue weighted by Gasteiger charge is 2.31. The van der Waals surface area contributed by atoms with Gasteiger partial charge in [-0.2, -0.15) is 0 Å². The second-order valence-electron chi connectivity index (χ2n) is 6.66. The van der Waals surface area contributed by atoms with Gasteiger partial charge in [-0.3, -0.25) is 0 Å². The van der Waals surface area contributed by atoms with E-state index in [9.17, 15) is 8.78 Å². The van der Waals surface area contributed by atoms with Crippen LogP contribution in [0.15, 0.2) is 18.2 Å². The molecule has 1 aliphatic carbocycles. The van der Waals surface area contributed by atoms with E-state index in [1.165, 1.54) is 18.6 Å². The average Bonchev–Trinajstić information content (AvgIpc) is 2.43. The molecule has 1 aromatic rings. The summed E-state index contributed by atoms with van der Waals surface area (Å²) in [6, 6.07) is 3.84. The Labute approximate surface area is 120 Å². The van der Waals surface area contributed by atoms with E-state index in [0.717, 1.165) is 37.7 Å². The Hall–Kier alpha value is -1.12. The minimum atomic E-state index is -0.394. The highest BCUT2D eigenvalue weighted by molar-refractivity contribution is 5.45. The number of halogens is 2. The van der Waals surface area contributed by atoms with Gasteiger partial charge in [-0.05, 0) is 55.2 Å². The van der Waals surface area contributed by atoms with Gasteiger partial charge in [0.1, 0.15) is 11.6 Å². The van der Waals surface area contributed by atoms with Crippen LogP contribution in [0.3, 0.4) is 0 Å². The lowest BCUT2D eigenvalue weighted by Gasteiger charge is -2.39. The molecule has 0 aliphatic heterocycles. The smallest absolute Gasteiger partial charge is 0.146 e. The Morgan fingerprint density at radius 1 is 1.15 bits per heavy atom. The molecule has 0 bridgehead atoms. The van der Waals surface area contributed by atoms with Crippen molar-refractivity contribution < 1.29 is 8.78 Å². The molecular weight excluding hydrogens is 256 g/mol. The highest BCUT2D eigenvalue weighted by atomic mass is 19.1. The first-order chi connectivity index (χ1) is 9.42. The summed E-state index contributed by atoms with van der Waals surface area (Å²) < 4.78 is 26.8. The van der Waals surface area contributed by atoms with Gasteiger partial charge in [0.2, 0.25) is 0 Å². The van der Waals surface area contributed by atoms with Gasteiger partial charge in [-0.15, -0.1) is 0 Å². The molecule has 0 spiro atoms. The fourth-order valence-electron chi connectivity index (χ4n) is 3.14. The fraction of sp³-hybridized carbons (Fsp3) is 0.647. The van der Waals surface area contributed by atoms with E-state index in [1.54, 1.807) is 0 Å². The summed E-state index contributed by atoms with van der Waals surface area (Å²) in [5.74, 6) is -0.0278. The molecule has 20 heavy (non-hydrogen) atoms. The van der Waals surface area contributed by atoms with Crippen LogP contribution in [0.1, 0.15) is 52.9 Å². The van der Waals surface area contributed by atoms with Gasteiger partial charge in [-0.1, -0.05) is 27.2 Å². The van der Waals surface area contributed by atoms with Crippen LogP contribution in [0.5, 0.6) is 0 Å². The van der Waals surface area contributed by atoms with Crippen LogP contribution in [-0.4, -0.2) is 6.04 Å². The molecule has 0 atom stereocenters. The van der Waals surface area contributed by atoms with Crippen LogP contribution in [0.25, 0.3) is 0 Å². The molecule has 2 rings (SSSR count). The van der Waals surface area contributed by atoms with Crippen LogP contribution < -0.4 is 5.32 Å². The van der Waals surface area contributed by atoms with Gasteiger partial charge < -0.3 is 5.32 Å². The van der Waals surface area contributed by atoms with Gasteiger partial charge in [0.05, 0.1) is 5.69 Å². The zero-order valence-corrected chi connectivity index (χ0v) is 12.7. The van der Waals surface area contributed by atoms with Crippen LogP contribution in [-0.2, 0) is 0 Å². The normalized spacial score (nSPS) is 23.6. The van der Waals surface area contributed by atoms with Crippen molar-refractivity contribution in [3.8, 4) is 0 Å². The molecule has 0 heterocycles. The van der Waals surface area contributed by atoms with Crippen molar-refractivity contribution in [1.82, 2.24) is 0 Å². The van der Waals surface area contributed by atoms with Crippen molar-refractivity contribution in [2.24, 2.45) is 11.3 Å². The molecule has 0 unspecified atom stereocenters. The number of benzene rings is 1. The molecule has 0 saturated heterocycles. The quantitative estimate of drug-likeness (QED) is 0.782. The molecule has 1 aliphatic rings. The lowest BCUT2D eigenvalue weighted by atomic mass is 9.69. The second-order valence-corrected chi connectivity index (χ2v) is 6.66. The van der Waals surface area contributed by atoms with Crippen LogP contribution in [0, 0.1) is 23.0 Å². The lowest BCUT2D eigenvalue weighted by Crippen LogP contribution is -2.32. The van der Waals surface area contributed by atoms with E-state index in [4.69, 9.17) is 0 Å². The van der Waals surface area contributed by atoms with E-state index in [-0.39, 0.29) is 11.9 Å². The topological polar surface area (TPSA) is 12.0 Å². The number of hydrogen-bond donors (Lipinski definition) is 1. The minimum absolute atomic E-state index is 0.259. The second kappa shape index (κ2) is 6.11. The molecule has 0 aromatic heterocycles. The third-order valence-electron chi connectivity index (χ3n) is 5.03. The van der Waals surface area contributed by atoms with Crippen molar-refractivity contribution in [1.29, 1.82) is 0 Å². The summed E-state index contributed by atoms with van der Waals surface area (Å²) in [4.78, 5) is 0. The monoisotopic (exact) mass is 281 g/mol. The summed E-state index contributed by atoms with van der Waals surface area (Å²) >= 11 is 0. The fourth-order valence-corrected chi connectivity index (χ4v) is 3.14. The molecule has 1 saturated carbocycles. The molecule has 112 valence electrons. The van der Waals surface area contributed by atoms with E-state index in [1.807, 2.05) is 0 Å². The maximum atomic E-state index is 13.6. The molecule has 1 fully saturated rings. The van der Waals surface area contributed by atoms with E-state index in [0.29, 0.717) is 11.1 Å². The summed E-state index contributed by atoms with van der Waals surface area (Å²) in [5.41, 5.74) is 0.679. The van der Waals surface area contributed by atoms with Gasteiger partial charge >= 0.3 is 0 Å². The maximum absolute atomic E-state index is 13.6. The molecule has 0 amide bonds. The number of anilines is 1. The Morgan fingerprint density at radius 3 is 2.40 bits per heavy atom. The maximum Gasteiger partial charge on any atom is 0.146 e.